The van der Waals surface area contributed by atoms with Crippen LogP contribution >= 0.6 is 0 Å². The van der Waals surface area contributed by atoms with Crippen LogP contribution in [0.1, 0.15) is 5.56 Å². The Labute approximate surface area is 108 Å². The van der Waals surface area contributed by atoms with Gasteiger partial charge >= 0.3 is 11.9 Å². The molecule has 6 heteroatoms. The molecule has 0 spiro atoms. The van der Waals surface area contributed by atoms with Crippen molar-refractivity contribution >= 4 is 11.4 Å². The Morgan fingerprint density at radius 1 is 0.947 bits per heavy atom. The predicted octanol–water partition coefficient (Wildman–Crippen LogP) is 4.46. The Morgan fingerprint density at radius 2 is 1.58 bits per heavy atom. The minimum atomic E-state index is -4.39. The Kier molecular flexibility index (Phi) is 4.89. The fraction of sp³-hybridized carbons (Fsp3) is 0.0769. The smallest absolute Gasteiger partial charge is 0.399 e. The molecule has 0 fully saturated rings. The molecule has 0 bridgehead atoms. The molecule has 0 radical (unpaired) electrons. The molecular formula is C13H11F3N3+. The number of nitrogens with two attached hydrogens (primary N) is 1. The second-order valence-corrected chi connectivity index (χ2v) is 3.56. The van der Waals surface area contributed by atoms with Crippen LogP contribution in [0.15, 0.2) is 54.6 Å². The van der Waals surface area contributed by atoms with Crippen LogP contribution in [0.3, 0.4) is 0 Å². The van der Waals surface area contributed by atoms with Crippen molar-refractivity contribution in [3.05, 3.63) is 65.1 Å². The first-order chi connectivity index (χ1) is 8.93. The maximum atomic E-state index is 12.0. The molecule has 0 aliphatic rings. The van der Waals surface area contributed by atoms with Gasteiger partial charge in [-0.2, -0.15) is 13.2 Å². The summed E-state index contributed by atoms with van der Waals surface area (Å²) in [5.74, 6) is 0. The quantitative estimate of drug-likeness (QED) is 0.565. The van der Waals surface area contributed by atoms with Crippen molar-refractivity contribution in [3.63, 3.8) is 0 Å². The summed E-state index contributed by atoms with van der Waals surface area (Å²) in [5.41, 5.74) is 5.25. The highest BCUT2D eigenvalue weighted by atomic mass is 19.4. The van der Waals surface area contributed by atoms with E-state index in [1.165, 1.54) is 12.1 Å². The average molecular weight is 266 g/mol. The highest BCUT2D eigenvalue weighted by Crippen LogP contribution is 2.31. The fourth-order valence-electron chi connectivity index (χ4n) is 1.20. The van der Waals surface area contributed by atoms with Crippen LogP contribution in [-0.2, 0) is 6.18 Å². The van der Waals surface area contributed by atoms with Crippen LogP contribution in [0, 0.1) is 5.39 Å². The third-order valence-corrected chi connectivity index (χ3v) is 2.09. The molecule has 0 saturated heterocycles. The first-order valence-electron chi connectivity index (χ1n) is 5.26. The minimum Gasteiger partial charge on any atom is -0.399 e. The maximum Gasteiger partial charge on any atom is 0.416 e. The summed E-state index contributed by atoms with van der Waals surface area (Å²) in [7, 11) is 0. The van der Waals surface area contributed by atoms with E-state index in [-0.39, 0.29) is 5.69 Å². The molecule has 0 heterocycles. The Balaban J connectivity index is 0.000000218. The number of hydrogen-bond donors (Lipinski definition) is 1. The molecule has 0 atom stereocenters. The van der Waals surface area contributed by atoms with Gasteiger partial charge in [0.05, 0.1) is 5.56 Å². The zero-order chi connectivity index (χ0) is 14.3. The zero-order valence-electron chi connectivity index (χ0n) is 9.80. The lowest BCUT2D eigenvalue weighted by atomic mass is 10.2. The minimum absolute atomic E-state index is 0.107. The van der Waals surface area contributed by atoms with Gasteiger partial charge < -0.3 is 5.73 Å². The third kappa shape index (κ3) is 5.08. The zero-order valence-corrected chi connectivity index (χ0v) is 9.80. The van der Waals surface area contributed by atoms with Crippen molar-refractivity contribution in [1.82, 2.24) is 0 Å². The Hall–Kier alpha value is -2.55. The lowest BCUT2D eigenvalue weighted by Crippen LogP contribution is -2.03. The second kappa shape index (κ2) is 6.40. The Bertz CT molecular complexity index is 559. The molecule has 0 unspecified atom stereocenters. The number of nitrogen functional groups attached to an aromatic ring is 1. The number of alkyl halides is 3. The molecule has 2 N–H and O–H groups in total. The highest BCUT2D eigenvalue weighted by molar-refractivity contribution is 5.46. The first-order valence-corrected chi connectivity index (χ1v) is 5.26. The van der Waals surface area contributed by atoms with E-state index in [0.29, 0.717) is 0 Å². The lowest BCUT2D eigenvalue weighted by molar-refractivity contribution is -0.137. The van der Waals surface area contributed by atoms with E-state index in [1.807, 2.05) is 30.3 Å². The van der Waals surface area contributed by atoms with Gasteiger partial charge in [0.1, 0.15) is 0 Å². The van der Waals surface area contributed by atoms with E-state index in [1.54, 1.807) is 0 Å². The number of diazo groups is 1. The molecule has 0 aliphatic carbocycles. The van der Waals surface area contributed by atoms with Crippen molar-refractivity contribution in [3.8, 4) is 0 Å². The molecule has 0 saturated carbocycles. The topological polar surface area (TPSA) is 54.2 Å². The molecule has 2 rings (SSSR count). The van der Waals surface area contributed by atoms with Crippen LogP contribution in [0.2, 0.25) is 0 Å². The highest BCUT2D eigenvalue weighted by Gasteiger charge is 2.31. The van der Waals surface area contributed by atoms with Crippen molar-refractivity contribution in [2.75, 3.05) is 5.73 Å². The molecule has 19 heavy (non-hydrogen) atoms. The molecule has 0 aliphatic heterocycles. The largest absolute Gasteiger partial charge is 0.416 e. The van der Waals surface area contributed by atoms with Gasteiger partial charge in [-0.1, -0.05) is 24.3 Å². The van der Waals surface area contributed by atoms with E-state index in [9.17, 15) is 13.2 Å². The predicted molar refractivity (Wildman–Crippen MR) is 67.0 cm³/mol. The van der Waals surface area contributed by atoms with E-state index in [2.05, 4.69) is 4.98 Å². The standard InChI is InChI=1S/C7H4F3N2.C6H7N/c8-7(9,10)5-2-1-3-6(4-5)12-11;7-6-4-2-1-3-5-6/h1-4H;1-5H,7H2/q+1;. The summed E-state index contributed by atoms with van der Waals surface area (Å²) in [6.45, 7) is 0. The van der Waals surface area contributed by atoms with Crippen LogP contribution in [0.5, 0.6) is 0 Å². The van der Waals surface area contributed by atoms with Gasteiger partial charge in [-0.05, 0) is 18.2 Å². The molecule has 2 aromatic rings. The molecule has 98 valence electrons. The van der Waals surface area contributed by atoms with Gasteiger partial charge in [-0.3, -0.25) is 0 Å². The number of anilines is 1. The van der Waals surface area contributed by atoms with Gasteiger partial charge in [0.25, 0.3) is 0 Å². The van der Waals surface area contributed by atoms with Crippen molar-refractivity contribution in [2.45, 2.75) is 6.18 Å². The van der Waals surface area contributed by atoms with Gasteiger partial charge in [-0.25, -0.2) is 0 Å². The van der Waals surface area contributed by atoms with Crippen molar-refractivity contribution < 1.29 is 13.2 Å². The van der Waals surface area contributed by atoms with Crippen molar-refractivity contribution in [2.24, 2.45) is 0 Å². The van der Waals surface area contributed by atoms with Crippen molar-refractivity contribution in [1.29, 1.82) is 5.39 Å². The number of rotatable bonds is 0. The second-order valence-electron chi connectivity index (χ2n) is 3.56. The van der Waals surface area contributed by atoms with Gasteiger partial charge in [-0.15, -0.1) is 0 Å². The number of halogens is 3. The molecule has 0 aromatic heterocycles. The van der Waals surface area contributed by atoms with E-state index < -0.39 is 11.7 Å². The summed E-state index contributed by atoms with van der Waals surface area (Å²) < 4.78 is 35.9. The number of nitrogens with zero attached hydrogens (tertiary/aromatic N) is 2. The lowest BCUT2D eigenvalue weighted by Gasteiger charge is -2.02. The van der Waals surface area contributed by atoms with Crippen LogP contribution in [0.25, 0.3) is 4.98 Å². The molecular weight excluding hydrogens is 255 g/mol. The molecule has 2 aromatic carbocycles. The summed E-state index contributed by atoms with van der Waals surface area (Å²) in [6.07, 6.45) is -4.39. The van der Waals surface area contributed by atoms with Gasteiger partial charge in [0.2, 0.25) is 5.39 Å². The van der Waals surface area contributed by atoms with E-state index in [4.69, 9.17) is 11.1 Å². The van der Waals surface area contributed by atoms with Gasteiger partial charge in [0, 0.05) is 17.8 Å². The first kappa shape index (κ1) is 14.5. The van der Waals surface area contributed by atoms with Gasteiger partial charge in [0.15, 0.2) is 4.98 Å². The van der Waals surface area contributed by atoms with Crippen LogP contribution < -0.4 is 5.73 Å². The van der Waals surface area contributed by atoms with Crippen LogP contribution in [-0.4, -0.2) is 0 Å². The average Bonchev–Trinajstić information content (AvgIpc) is 2.39. The summed E-state index contributed by atoms with van der Waals surface area (Å²) >= 11 is 0. The monoisotopic (exact) mass is 266 g/mol. The summed E-state index contributed by atoms with van der Waals surface area (Å²) in [5, 5.41) is 8.19. The van der Waals surface area contributed by atoms with E-state index in [0.717, 1.165) is 17.8 Å². The molecule has 3 nitrogen and oxygen atoms in total. The third-order valence-electron chi connectivity index (χ3n) is 2.09. The Morgan fingerprint density at radius 3 is 2.00 bits per heavy atom. The fourth-order valence-corrected chi connectivity index (χ4v) is 1.20. The van der Waals surface area contributed by atoms with Crippen LogP contribution in [0.4, 0.5) is 24.5 Å². The number of para-hydroxylation sites is 1. The number of benzene rings is 2. The number of hydrogen-bond acceptors (Lipinski definition) is 2. The summed E-state index contributed by atoms with van der Waals surface area (Å²) in [4.78, 5) is 2.64. The SMILES string of the molecule is N#[N+]c1cccc(C(F)(F)F)c1.Nc1ccccc1. The summed E-state index contributed by atoms with van der Waals surface area (Å²) in [6, 6.07) is 13.6. The molecule has 0 amide bonds. The maximum absolute atomic E-state index is 12.0. The van der Waals surface area contributed by atoms with E-state index >= 15 is 0 Å². The normalized spacial score (nSPS) is 10.0.